The van der Waals surface area contributed by atoms with Gasteiger partial charge in [0.25, 0.3) is 7.82 Å². The van der Waals surface area contributed by atoms with Crippen LogP contribution in [0.25, 0.3) is 0 Å². The van der Waals surface area contributed by atoms with Gasteiger partial charge in [0.15, 0.2) is 0 Å². The van der Waals surface area contributed by atoms with Gasteiger partial charge in [0, 0.05) is 7.26 Å². The van der Waals surface area contributed by atoms with Crippen LogP contribution in [0.3, 0.4) is 0 Å². The van der Waals surface area contributed by atoms with Gasteiger partial charge in [-0.3, -0.25) is 4.57 Å². The van der Waals surface area contributed by atoms with E-state index in [1.807, 2.05) is 0 Å². The largest absolute Gasteiger partial charge is 0.756 e. The SMILES string of the molecule is CCCCC[P+](CCCCC)(CCCCC)CCCCC.CCOP(=O)([O-])OCC. The van der Waals surface area contributed by atoms with Gasteiger partial charge in [0.2, 0.25) is 0 Å². The molecule has 0 atom stereocenters. The van der Waals surface area contributed by atoms with Gasteiger partial charge >= 0.3 is 0 Å². The van der Waals surface area contributed by atoms with Crippen LogP contribution in [0.2, 0.25) is 0 Å². The van der Waals surface area contributed by atoms with Crippen LogP contribution in [0, 0.1) is 0 Å². The van der Waals surface area contributed by atoms with Gasteiger partial charge in [-0.05, 0) is 39.5 Å². The van der Waals surface area contributed by atoms with E-state index in [0.29, 0.717) is 0 Å². The molecule has 0 spiro atoms. The highest BCUT2D eigenvalue weighted by molar-refractivity contribution is 7.75. The third-order valence-corrected chi connectivity index (χ3v) is 11.7. The summed E-state index contributed by atoms with van der Waals surface area (Å²) in [6.07, 6.45) is 24.0. The molecule has 0 unspecified atom stereocenters. The van der Waals surface area contributed by atoms with Crippen LogP contribution in [0.15, 0.2) is 0 Å². The predicted molar refractivity (Wildman–Crippen MR) is 135 cm³/mol. The van der Waals surface area contributed by atoms with Gasteiger partial charge in [-0.15, -0.1) is 0 Å². The first-order valence-corrected chi connectivity index (χ1v) is 16.8. The molecule has 0 N–H and O–H groups in total. The molecule has 0 bridgehead atoms. The minimum atomic E-state index is -3.94. The van der Waals surface area contributed by atoms with Crippen molar-refractivity contribution in [2.45, 2.75) is 119 Å². The molecule has 0 saturated carbocycles. The van der Waals surface area contributed by atoms with Crippen molar-refractivity contribution in [3.05, 3.63) is 0 Å². The second-order valence-electron chi connectivity index (χ2n) is 8.35. The standard InChI is InChI=1S/C20H44P.C4H11O4P/c1-5-9-13-17-21(18-14-10-6-2,19-15-11-7-3)20-16-12-8-4;1-3-7-9(5,6)8-4-2/h5-20H2,1-4H3;3-4H2,1-2H3,(H,5,6)/q+1;/p-1. The molecule has 0 aromatic carbocycles. The molecule has 4 nitrogen and oxygen atoms in total. The van der Waals surface area contributed by atoms with Crippen molar-refractivity contribution < 1.29 is 18.5 Å². The van der Waals surface area contributed by atoms with Gasteiger partial charge in [0.1, 0.15) is 0 Å². The number of unbranched alkanes of at least 4 members (excludes halogenated alkanes) is 8. The zero-order valence-corrected chi connectivity index (χ0v) is 23.0. The summed E-state index contributed by atoms with van der Waals surface area (Å²) in [4.78, 5) is 10.4. The summed E-state index contributed by atoms with van der Waals surface area (Å²) >= 11 is 0. The van der Waals surface area contributed by atoms with Crippen molar-refractivity contribution in [1.29, 1.82) is 0 Å². The minimum Gasteiger partial charge on any atom is -0.756 e. The normalized spacial score (nSPS) is 12.0. The van der Waals surface area contributed by atoms with Gasteiger partial charge in [-0.25, -0.2) is 0 Å². The molecular weight excluding hydrogens is 414 g/mol. The first-order chi connectivity index (χ1) is 14.4. The number of rotatable bonds is 20. The lowest BCUT2D eigenvalue weighted by Gasteiger charge is -2.28. The maximum absolute atomic E-state index is 10.4. The second kappa shape index (κ2) is 22.7. The summed E-state index contributed by atoms with van der Waals surface area (Å²) in [6, 6.07) is 0. The average molecular weight is 469 g/mol. The van der Waals surface area contributed by atoms with Gasteiger partial charge in [0.05, 0.1) is 37.9 Å². The highest BCUT2D eigenvalue weighted by Crippen LogP contribution is 2.61. The first kappa shape index (κ1) is 32.7. The molecule has 0 aliphatic carbocycles. The summed E-state index contributed by atoms with van der Waals surface area (Å²) in [5, 5.41) is 0. The lowest BCUT2D eigenvalue weighted by atomic mass is 10.3. The Kier molecular flexibility index (Phi) is 24.8. The van der Waals surface area contributed by atoms with E-state index in [1.54, 1.807) is 38.5 Å². The van der Waals surface area contributed by atoms with Crippen molar-refractivity contribution in [3.8, 4) is 0 Å². The molecule has 0 amide bonds. The molecule has 0 aromatic heterocycles. The lowest BCUT2D eigenvalue weighted by Crippen LogP contribution is -2.13. The predicted octanol–water partition coefficient (Wildman–Crippen LogP) is 8.29. The molecule has 0 rings (SSSR count). The molecule has 0 radical (unpaired) electrons. The van der Waals surface area contributed by atoms with Crippen molar-refractivity contribution in [2.24, 2.45) is 0 Å². The monoisotopic (exact) mass is 468 g/mol. The maximum atomic E-state index is 10.4. The lowest BCUT2D eigenvalue weighted by molar-refractivity contribution is -0.224. The van der Waals surface area contributed by atoms with Gasteiger partial charge < -0.3 is 13.9 Å². The number of hydrogen-bond donors (Lipinski definition) is 0. The molecular formula is C24H54O4P2. The number of hydrogen-bond acceptors (Lipinski definition) is 4. The number of phosphoric acid groups is 1. The zero-order valence-electron chi connectivity index (χ0n) is 21.3. The highest BCUT2D eigenvalue weighted by Gasteiger charge is 2.34. The molecule has 0 heterocycles. The van der Waals surface area contributed by atoms with Crippen LogP contribution in [-0.4, -0.2) is 37.9 Å². The molecule has 184 valence electrons. The Bertz CT molecular complexity index is 336. The summed E-state index contributed by atoms with van der Waals surface area (Å²) < 4.78 is 18.9. The zero-order chi connectivity index (χ0) is 23.1. The fourth-order valence-corrected chi connectivity index (χ4v) is 9.44. The topological polar surface area (TPSA) is 58.6 Å². The summed E-state index contributed by atoms with van der Waals surface area (Å²) in [7, 11) is -4.56. The van der Waals surface area contributed by atoms with E-state index >= 15 is 0 Å². The highest BCUT2D eigenvalue weighted by atomic mass is 31.2. The van der Waals surface area contributed by atoms with E-state index in [0.717, 1.165) is 0 Å². The van der Waals surface area contributed by atoms with Gasteiger partial charge in [-0.1, -0.05) is 79.1 Å². The van der Waals surface area contributed by atoms with Crippen molar-refractivity contribution in [3.63, 3.8) is 0 Å². The van der Waals surface area contributed by atoms with E-state index in [-0.39, 0.29) is 13.2 Å². The van der Waals surface area contributed by atoms with E-state index in [4.69, 9.17) is 0 Å². The van der Waals surface area contributed by atoms with Gasteiger partial charge in [-0.2, -0.15) is 0 Å². The van der Waals surface area contributed by atoms with Crippen molar-refractivity contribution in [2.75, 3.05) is 37.9 Å². The summed E-state index contributed by atoms with van der Waals surface area (Å²) in [6.45, 7) is 12.8. The van der Waals surface area contributed by atoms with Crippen molar-refractivity contribution in [1.82, 2.24) is 0 Å². The van der Waals surface area contributed by atoms with Crippen LogP contribution in [0.4, 0.5) is 0 Å². The Morgan fingerprint density at radius 2 is 0.833 bits per heavy atom. The second-order valence-corrected chi connectivity index (χ2v) is 14.2. The molecule has 30 heavy (non-hydrogen) atoms. The molecule has 6 heteroatoms. The summed E-state index contributed by atoms with van der Waals surface area (Å²) in [5.41, 5.74) is 0. The Morgan fingerprint density at radius 1 is 0.567 bits per heavy atom. The third-order valence-electron chi connectivity index (χ3n) is 5.52. The van der Waals surface area contributed by atoms with Crippen LogP contribution in [0.5, 0.6) is 0 Å². The van der Waals surface area contributed by atoms with E-state index < -0.39 is 15.1 Å². The minimum absolute atomic E-state index is 0.126. The molecule has 0 aliphatic heterocycles. The maximum Gasteiger partial charge on any atom is 0.267 e. The molecule has 0 aliphatic rings. The molecule has 0 fully saturated rings. The fraction of sp³-hybridized carbons (Fsp3) is 1.00. The fourth-order valence-electron chi connectivity index (χ4n) is 3.81. The smallest absolute Gasteiger partial charge is 0.267 e. The third kappa shape index (κ3) is 20.4. The van der Waals surface area contributed by atoms with E-state index in [9.17, 15) is 9.46 Å². The number of phosphoric ester groups is 1. The first-order valence-electron chi connectivity index (χ1n) is 12.8. The van der Waals surface area contributed by atoms with E-state index in [1.165, 1.54) is 77.0 Å². The summed E-state index contributed by atoms with van der Waals surface area (Å²) in [5.74, 6) is 0. The van der Waals surface area contributed by atoms with Crippen LogP contribution < -0.4 is 4.89 Å². The quantitative estimate of drug-likeness (QED) is 0.133. The average Bonchev–Trinajstić information content (AvgIpc) is 2.69. The van der Waals surface area contributed by atoms with Crippen molar-refractivity contribution >= 4 is 15.1 Å². The van der Waals surface area contributed by atoms with Crippen LogP contribution >= 0.6 is 15.1 Å². The van der Waals surface area contributed by atoms with E-state index in [2.05, 4.69) is 36.7 Å². The van der Waals surface area contributed by atoms with Crippen LogP contribution in [-0.2, 0) is 13.6 Å². The molecule has 0 aromatic rings. The van der Waals surface area contributed by atoms with Crippen LogP contribution in [0.1, 0.15) is 119 Å². The Balaban J connectivity index is 0. The Hall–Kier alpha value is 0.540. The molecule has 0 saturated heterocycles. The Morgan fingerprint density at radius 3 is 1.03 bits per heavy atom. The Labute approximate surface area is 190 Å².